The molecule has 16 heavy (non-hydrogen) atoms. The molecule has 0 aromatic heterocycles. The summed E-state index contributed by atoms with van der Waals surface area (Å²) in [6.45, 7) is 3.07. The van der Waals surface area contributed by atoms with Crippen molar-refractivity contribution in [3.8, 4) is 5.75 Å². The lowest BCUT2D eigenvalue weighted by Crippen LogP contribution is -2.16. The molecule has 0 aliphatic carbocycles. The number of nitrogen functional groups attached to an aromatic ring is 1. The molecule has 0 spiro atoms. The van der Waals surface area contributed by atoms with Gasteiger partial charge >= 0.3 is 0 Å². The van der Waals surface area contributed by atoms with Crippen molar-refractivity contribution in [3.05, 3.63) is 22.8 Å². The fourth-order valence-electron chi connectivity index (χ4n) is 1.57. The van der Waals surface area contributed by atoms with Gasteiger partial charge in [0.15, 0.2) is 5.78 Å². The first-order chi connectivity index (χ1) is 7.40. The van der Waals surface area contributed by atoms with E-state index in [2.05, 4.69) is 0 Å². The van der Waals surface area contributed by atoms with Gasteiger partial charge in [0, 0.05) is 5.56 Å². The fraction of sp³-hybridized carbons (Fsp3) is 0.273. The summed E-state index contributed by atoms with van der Waals surface area (Å²) in [6.07, 6.45) is 0.416. The molecule has 0 unspecified atom stereocenters. The lowest BCUT2D eigenvalue weighted by molar-refractivity contribution is 0.100. The number of phenols is 1. The highest BCUT2D eigenvalue weighted by Crippen LogP contribution is 2.31. The lowest BCUT2D eigenvalue weighted by atomic mass is 9.97. The largest absolute Gasteiger partial charge is 0.507 e. The molecule has 0 saturated carbocycles. The molecule has 1 rings (SSSR count). The Kier molecular flexibility index (Phi) is 3.17. The van der Waals surface area contributed by atoms with Gasteiger partial charge in [-0.05, 0) is 19.4 Å². The second kappa shape index (κ2) is 4.22. The Morgan fingerprint density at radius 3 is 2.31 bits per heavy atom. The van der Waals surface area contributed by atoms with Crippen LogP contribution in [0.25, 0.3) is 0 Å². The number of carbonyl (C=O) groups is 2. The van der Waals surface area contributed by atoms with E-state index in [1.165, 1.54) is 13.0 Å². The highest BCUT2D eigenvalue weighted by atomic mass is 16.3. The number of phenolic OH excluding ortho intramolecular Hbond substituents is 1. The monoisotopic (exact) mass is 222 g/mol. The van der Waals surface area contributed by atoms with Crippen molar-refractivity contribution >= 4 is 17.4 Å². The smallest absolute Gasteiger partial charge is 0.250 e. The van der Waals surface area contributed by atoms with E-state index in [9.17, 15) is 14.7 Å². The van der Waals surface area contributed by atoms with E-state index in [0.717, 1.165) is 0 Å². The number of Topliss-reactive ketones (excluding diaryl/α,β-unsaturated/α-hetero) is 1. The van der Waals surface area contributed by atoms with Crippen LogP contribution in [0.15, 0.2) is 6.07 Å². The number of primary amides is 1. The van der Waals surface area contributed by atoms with Gasteiger partial charge in [-0.2, -0.15) is 0 Å². The van der Waals surface area contributed by atoms with Gasteiger partial charge in [0.2, 0.25) is 0 Å². The van der Waals surface area contributed by atoms with E-state index in [1.54, 1.807) is 6.92 Å². The van der Waals surface area contributed by atoms with Crippen molar-refractivity contribution in [2.45, 2.75) is 20.3 Å². The molecule has 1 aromatic carbocycles. The molecule has 0 aliphatic heterocycles. The van der Waals surface area contributed by atoms with Crippen LogP contribution >= 0.6 is 0 Å². The Morgan fingerprint density at radius 2 is 1.94 bits per heavy atom. The molecule has 5 N–H and O–H groups in total. The highest BCUT2D eigenvalue weighted by molar-refractivity contribution is 6.05. The first kappa shape index (κ1) is 12.0. The Morgan fingerprint density at radius 1 is 1.38 bits per heavy atom. The molecule has 1 amide bonds. The maximum atomic E-state index is 11.3. The number of nitrogens with two attached hydrogens (primary N) is 2. The molecule has 5 heteroatoms. The van der Waals surface area contributed by atoms with E-state index < -0.39 is 5.91 Å². The van der Waals surface area contributed by atoms with E-state index in [1.807, 2.05) is 0 Å². The van der Waals surface area contributed by atoms with Gasteiger partial charge in [-0.1, -0.05) is 6.92 Å². The third kappa shape index (κ3) is 1.84. The first-order valence-electron chi connectivity index (χ1n) is 4.85. The minimum Gasteiger partial charge on any atom is -0.507 e. The maximum absolute atomic E-state index is 11.3. The van der Waals surface area contributed by atoms with E-state index in [-0.39, 0.29) is 28.3 Å². The summed E-state index contributed by atoms with van der Waals surface area (Å²) < 4.78 is 0. The average molecular weight is 222 g/mol. The summed E-state index contributed by atoms with van der Waals surface area (Å²) >= 11 is 0. The third-order valence-electron chi connectivity index (χ3n) is 2.44. The quantitative estimate of drug-likeness (QED) is 0.520. The molecule has 0 aliphatic rings. The van der Waals surface area contributed by atoms with Crippen LogP contribution in [0.2, 0.25) is 0 Å². The highest BCUT2D eigenvalue weighted by Gasteiger charge is 2.19. The normalized spacial score (nSPS) is 10.1. The van der Waals surface area contributed by atoms with Crippen LogP contribution in [0.5, 0.6) is 5.75 Å². The summed E-state index contributed by atoms with van der Waals surface area (Å²) in [4.78, 5) is 22.4. The van der Waals surface area contributed by atoms with E-state index in [0.29, 0.717) is 12.0 Å². The number of benzene rings is 1. The van der Waals surface area contributed by atoms with Crippen LogP contribution in [0, 0.1) is 0 Å². The molecule has 1 aromatic rings. The maximum Gasteiger partial charge on any atom is 0.250 e. The number of hydrogen-bond acceptors (Lipinski definition) is 4. The molecular weight excluding hydrogens is 208 g/mol. The molecule has 0 radical (unpaired) electrons. The van der Waals surface area contributed by atoms with Crippen molar-refractivity contribution < 1.29 is 14.7 Å². The molecule has 0 fully saturated rings. The second-order valence-corrected chi connectivity index (χ2v) is 3.49. The minimum atomic E-state index is -0.713. The van der Waals surface area contributed by atoms with Crippen LogP contribution in [0.4, 0.5) is 5.69 Å². The average Bonchev–Trinajstić information content (AvgIpc) is 2.17. The summed E-state index contributed by atoms with van der Waals surface area (Å²) in [6, 6.07) is 1.23. The number of aromatic hydroxyl groups is 1. The first-order valence-corrected chi connectivity index (χ1v) is 4.85. The zero-order valence-electron chi connectivity index (χ0n) is 9.20. The molecule has 0 atom stereocenters. The van der Waals surface area contributed by atoms with Crippen molar-refractivity contribution in [1.82, 2.24) is 0 Å². The van der Waals surface area contributed by atoms with Gasteiger partial charge in [0.1, 0.15) is 5.75 Å². The SMILES string of the molecule is CCc1c(N)c(C(N)=O)cc(C(C)=O)c1O. The topological polar surface area (TPSA) is 106 Å². The van der Waals surface area contributed by atoms with Crippen LogP contribution < -0.4 is 11.5 Å². The molecular formula is C11H14N2O3. The van der Waals surface area contributed by atoms with Gasteiger partial charge in [0.05, 0.1) is 16.8 Å². The number of ketones is 1. The minimum absolute atomic E-state index is 0.0693. The Labute approximate surface area is 93.1 Å². The zero-order chi connectivity index (χ0) is 12.5. The van der Waals surface area contributed by atoms with Crippen LogP contribution in [-0.4, -0.2) is 16.8 Å². The molecule has 5 nitrogen and oxygen atoms in total. The van der Waals surface area contributed by atoms with Crippen LogP contribution in [0.3, 0.4) is 0 Å². The molecule has 0 saturated heterocycles. The van der Waals surface area contributed by atoms with Gasteiger partial charge < -0.3 is 16.6 Å². The lowest BCUT2D eigenvalue weighted by Gasteiger charge is -2.12. The summed E-state index contributed by atoms with van der Waals surface area (Å²) in [5, 5.41) is 9.79. The molecule has 0 bridgehead atoms. The summed E-state index contributed by atoms with van der Waals surface area (Å²) in [5.74, 6) is -1.22. The third-order valence-corrected chi connectivity index (χ3v) is 2.44. The fourth-order valence-corrected chi connectivity index (χ4v) is 1.57. The Balaban J connectivity index is 3.62. The number of anilines is 1. The predicted octanol–water partition coefficient (Wildman–Crippen LogP) is 0.838. The second-order valence-electron chi connectivity index (χ2n) is 3.49. The predicted molar refractivity (Wildman–Crippen MR) is 60.4 cm³/mol. The van der Waals surface area contributed by atoms with Gasteiger partial charge in [-0.25, -0.2) is 0 Å². The van der Waals surface area contributed by atoms with Gasteiger partial charge in [-0.3, -0.25) is 9.59 Å². The standard InChI is InChI=1S/C11H14N2O3/c1-3-6-9(12)8(11(13)16)4-7(5(2)14)10(6)15/h4,15H,3,12H2,1-2H3,(H2,13,16). The van der Waals surface area contributed by atoms with Crippen LogP contribution in [-0.2, 0) is 6.42 Å². The number of carbonyl (C=O) groups excluding carboxylic acids is 2. The van der Waals surface area contributed by atoms with Crippen molar-refractivity contribution in [2.24, 2.45) is 5.73 Å². The summed E-state index contributed by atoms with van der Waals surface area (Å²) in [7, 11) is 0. The van der Waals surface area contributed by atoms with Gasteiger partial charge in [0.25, 0.3) is 5.91 Å². The summed E-state index contributed by atoms with van der Waals surface area (Å²) in [5.41, 5.74) is 11.5. The Bertz CT molecular complexity index is 429. The van der Waals surface area contributed by atoms with Crippen molar-refractivity contribution in [3.63, 3.8) is 0 Å². The molecule has 86 valence electrons. The van der Waals surface area contributed by atoms with Crippen LogP contribution in [0.1, 0.15) is 40.1 Å². The van der Waals surface area contributed by atoms with E-state index >= 15 is 0 Å². The molecule has 0 heterocycles. The number of rotatable bonds is 3. The van der Waals surface area contributed by atoms with Gasteiger partial charge in [-0.15, -0.1) is 0 Å². The van der Waals surface area contributed by atoms with Crippen molar-refractivity contribution in [1.29, 1.82) is 0 Å². The zero-order valence-corrected chi connectivity index (χ0v) is 9.20. The number of amides is 1. The number of hydrogen-bond donors (Lipinski definition) is 3. The van der Waals surface area contributed by atoms with Crippen molar-refractivity contribution in [2.75, 3.05) is 5.73 Å². The van der Waals surface area contributed by atoms with E-state index in [4.69, 9.17) is 11.5 Å². The Hall–Kier alpha value is -2.04.